The van der Waals surface area contributed by atoms with E-state index >= 15 is 0 Å². The molecule has 1 aromatic carbocycles. The number of benzene rings is 1. The summed E-state index contributed by atoms with van der Waals surface area (Å²) in [6, 6.07) is 5.51. The van der Waals surface area contributed by atoms with Crippen LogP contribution in [0.1, 0.15) is 50.6 Å². The molecule has 5 heteroatoms. The van der Waals surface area contributed by atoms with Crippen LogP contribution in [0.2, 0.25) is 0 Å². The van der Waals surface area contributed by atoms with Crippen molar-refractivity contribution < 1.29 is 19.4 Å². The lowest BCUT2D eigenvalue weighted by Gasteiger charge is -2.52. The number of likely N-dealkylation sites (tertiary alicyclic amines) is 1. The highest BCUT2D eigenvalue weighted by Crippen LogP contribution is 2.51. The molecule has 2 fully saturated rings. The second kappa shape index (κ2) is 6.63. The smallest absolute Gasteiger partial charge is 0.219 e. The summed E-state index contributed by atoms with van der Waals surface area (Å²) in [7, 11) is 3.27. The summed E-state index contributed by atoms with van der Waals surface area (Å²) in [5.74, 6) is 1.54. The topological polar surface area (TPSA) is 59.0 Å². The van der Waals surface area contributed by atoms with Gasteiger partial charge >= 0.3 is 0 Å². The standard InChI is InChI=1S/C19H27NO4/c1-13(21)20-11-10-19(22)9-5-4-6-16(19)18(20)15-12-14(23-2)7-8-17(15)24-3/h7-8,12,16,18,22H,4-6,9-11H2,1-3H3. The maximum atomic E-state index is 12.3. The van der Waals surface area contributed by atoms with Crippen LogP contribution in [0.3, 0.4) is 0 Å². The molecule has 1 aliphatic heterocycles. The van der Waals surface area contributed by atoms with Crippen LogP contribution in [-0.4, -0.2) is 42.3 Å². The Kier molecular flexibility index (Phi) is 4.72. The second-order valence-corrected chi connectivity index (χ2v) is 6.97. The van der Waals surface area contributed by atoms with E-state index < -0.39 is 5.60 Å². The molecular weight excluding hydrogens is 306 g/mol. The Bertz CT molecular complexity index is 617. The zero-order valence-electron chi connectivity index (χ0n) is 14.7. The summed E-state index contributed by atoms with van der Waals surface area (Å²) in [5.41, 5.74) is 0.236. The molecule has 1 saturated heterocycles. The van der Waals surface area contributed by atoms with Gasteiger partial charge in [0.25, 0.3) is 0 Å². The number of hydrogen-bond donors (Lipinski definition) is 1. The molecule has 3 rings (SSSR count). The van der Waals surface area contributed by atoms with Crippen molar-refractivity contribution in [1.29, 1.82) is 0 Å². The maximum Gasteiger partial charge on any atom is 0.219 e. The molecule has 132 valence electrons. The van der Waals surface area contributed by atoms with Gasteiger partial charge in [-0.1, -0.05) is 12.8 Å². The molecule has 1 heterocycles. The fourth-order valence-electron chi connectivity index (χ4n) is 4.49. The van der Waals surface area contributed by atoms with Crippen LogP contribution < -0.4 is 9.47 Å². The highest BCUT2D eigenvalue weighted by atomic mass is 16.5. The summed E-state index contributed by atoms with van der Waals surface area (Å²) >= 11 is 0. The number of nitrogens with zero attached hydrogens (tertiary/aromatic N) is 1. The van der Waals surface area contributed by atoms with Gasteiger partial charge in [0.1, 0.15) is 11.5 Å². The molecule has 0 spiro atoms. The number of carbonyl (C=O) groups is 1. The van der Waals surface area contributed by atoms with Crippen molar-refractivity contribution in [1.82, 2.24) is 4.90 Å². The quantitative estimate of drug-likeness (QED) is 0.924. The van der Waals surface area contributed by atoms with Crippen LogP contribution in [0, 0.1) is 5.92 Å². The first kappa shape index (κ1) is 17.1. The van der Waals surface area contributed by atoms with E-state index in [1.807, 2.05) is 23.1 Å². The van der Waals surface area contributed by atoms with E-state index in [4.69, 9.17) is 9.47 Å². The lowest BCUT2D eigenvalue weighted by Crippen LogP contribution is -2.55. The van der Waals surface area contributed by atoms with E-state index in [9.17, 15) is 9.90 Å². The summed E-state index contributed by atoms with van der Waals surface area (Å²) in [5, 5.41) is 11.2. The zero-order chi connectivity index (χ0) is 17.3. The van der Waals surface area contributed by atoms with Crippen molar-refractivity contribution in [3.63, 3.8) is 0 Å². The van der Waals surface area contributed by atoms with Gasteiger partial charge in [-0.3, -0.25) is 4.79 Å². The fourth-order valence-corrected chi connectivity index (χ4v) is 4.49. The molecule has 3 atom stereocenters. The molecule has 1 aromatic rings. The van der Waals surface area contributed by atoms with E-state index in [0.717, 1.165) is 42.7 Å². The predicted octanol–water partition coefficient (Wildman–Crippen LogP) is 2.92. The largest absolute Gasteiger partial charge is 0.497 e. The first-order chi connectivity index (χ1) is 11.5. The van der Waals surface area contributed by atoms with Crippen molar-refractivity contribution in [2.75, 3.05) is 20.8 Å². The Morgan fingerprint density at radius 3 is 2.71 bits per heavy atom. The minimum atomic E-state index is -0.692. The number of carbonyl (C=O) groups excluding carboxylic acids is 1. The molecule has 1 N–H and O–H groups in total. The van der Waals surface area contributed by atoms with E-state index in [2.05, 4.69) is 0 Å². The SMILES string of the molecule is COc1ccc(OC)c(C2C3CCCCC3(O)CCN2C(C)=O)c1. The van der Waals surface area contributed by atoms with E-state index in [-0.39, 0.29) is 17.9 Å². The van der Waals surface area contributed by atoms with Crippen LogP contribution in [0.4, 0.5) is 0 Å². The van der Waals surface area contributed by atoms with Crippen LogP contribution in [0.5, 0.6) is 11.5 Å². The Morgan fingerprint density at radius 2 is 2.04 bits per heavy atom. The molecule has 2 aliphatic rings. The minimum absolute atomic E-state index is 0.0323. The molecule has 0 radical (unpaired) electrons. The number of methoxy groups -OCH3 is 2. The number of fused-ring (bicyclic) bond motifs is 1. The lowest BCUT2D eigenvalue weighted by atomic mass is 9.66. The third-order valence-corrected chi connectivity index (χ3v) is 5.73. The highest BCUT2D eigenvalue weighted by Gasteiger charge is 2.50. The van der Waals surface area contributed by atoms with Crippen molar-refractivity contribution in [3.8, 4) is 11.5 Å². The normalized spacial score (nSPS) is 29.8. The molecule has 1 aliphatic carbocycles. The Labute approximate surface area is 143 Å². The molecule has 1 saturated carbocycles. The Balaban J connectivity index is 2.10. The monoisotopic (exact) mass is 333 g/mol. The molecule has 3 unspecified atom stereocenters. The molecule has 0 aromatic heterocycles. The summed E-state index contributed by atoms with van der Waals surface area (Å²) in [4.78, 5) is 14.2. The zero-order valence-corrected chi connectivity index (χ0v) is 14.7. The first-order valence-electron chi connectivity index (χ1n) is 8.71. The van der Waals surface area contributed by atoms with Crippen molar-refractivity contribution in [2.24, 2.45) is 5.92 Å². The minimum Gasteiger partial charge on any atom is -0.497 e. The van der Waals surface area contributed by atoms with Gasteiger partial charge in [-0.2, -0.15) is 0 Å². The number of piperidine rings is 1. The van der Waals surface area contributed by atoms with Gasteiger partial charge < -0.3 is 19.5 Å². The summed E-state index contributed by atoms with van der Waals surface area (Å²) < 4.78 is 10.9. The number of amides is 1. The van der Waals surface area contributed by atoms with Crippen LogP contribution in [-0.2, 0) is 4.79 Å². The number of ether oxygens (including phenoxy) is 2. The average Bonchev–Trinajstić information content (AvgIpc) is 2.59. The number of rotatable bonds is 3. The number of aliphatic hydroxyl groups is 1. The molecular formula is C19H27NO4. The van der Waals surface area contributed by atoms with Gasteiger partial charge in [0.05, 0.1) is 25.9 Å². The second-order valence-electron chi connectivity index (χ2n) is 6.97. The van der Waals surface area contributed by atoms with Gasteiger partial charge in [-0.25, -0.2) is 0 Å². The molecule has 0 bridgehead atoms. The van der Waals surface area contributed by atoms with Crippen molar-refractivity contribution in [2.45, 2.75) is 50.7 Å². The molecule has 1 amide bonds. The third kappa shape index (κ3) is 2.86. The highest BCUT2D eigenvalue weighted by molar-refractivity contribution is 5.74. The van der Waals surface area contributed by atoms with Gasteiger partial charge in [-0.05, 0) is 37.5 Å². The van der Waals surface area contributed by atoms with E-state index in [1.165, 1.54) is 0 Å². The summed E-state index contributed by atoms with van der Waals surface area (Å²) in [6.45, 7) is 2.18. The van der Waals surface area contributed by atoms with Crippen molar-refractivity contribution >= 4 is 5.91 Å². The Hall–Kier alpha value is -1.75. The van der Waals surface area contributed by atoms with Gasteiger partial charge in [0, 0.05) is 24.9 Å². The van der Waals surface area contributed by atoms with Gasteiger partial charge in [0.2, 0.25) is 5.91 Å². The average molecular weight is 333 g/mol. The lowest BCUT2D eigenvalue weighted by molar-refractivity contribution is -0.153. The van der Waals surface area contributed by atoms with Crippen molar-refractivity contribution in [3.05, 3.63) is 23.8 Å². The molecule has 5 nitrogen and oxygen atoms in total. The fraction of sp³-hybridized carbons (Fsp3) is 0.632. The van der Waals surface area contributed by atoms with Gasteiger partial charge in [-0.15, -0.1) is 0 Å². The maximum absolute atomic E-state index is 12.3. The van der Waals surface area contributed by atoms with Crippen LogP contribution >= 0.6 is 0 Å². The van der Waals surface area contributed by atoms with E-state index in [0.29, 0.717) is 13.0 Å². The van der Waals surface area contributed by atoms with Crippen LogP contribution in [0.25, 0.3) is 0 Å². The number of hydrogen-bond acceptors (Lipinski definition) is 4. The van der Waals surface area contributed by atoms with Gasteiger partial charge in [0.15, 0.2) is 0 Å². The summed E-state index contributed by atoms with van der Waals surface area (Å²) in [6.07, 6.45) is 4.52. The van der Waals surface area contributed by atoms with Crippen LogP contribution in [0.15, 0.2) is 18.2 Å². The predicted molar refractivity (Wildman–Crippen MR) is 91.2 cm³/mol. The first-order valence-corrected chi connectivity index (χ1v) is 8.71. The van der Waals surface area contributed by atoms with E-state index in [1.54, 1.807) is 21.1 Å². The Morgan fingerprint density at radius 1 is 1.25 bits per heavy atom. The molecule has 24 heavy (non-hydrogen) atoms. The third-order valence-electron chi connectivity index (χ3n) is 5.73.